The smallest absolute Gasteiger partial charge is 0.0542 e. The zero-order valence-corrected chi connectivity index (χ0v) is 11.0. The molecule has 0 saturated heterocycles. The third-order valence-corrected chi connectivity index (χ3v) is 3.91. The molecule has 0 spiro atoms. The molecule has 1 rings (SSSR count). The Bertz CT molecular complexity index is 313. The maximum atomic E-state index is 11.9. The summed E-state index contributed by atoms with van der Waals surface area (Å²) in [5, 5.41) is 0. The Labute approximate surface area is 101 Å². The van der Waals surface area contributed by atoms with Gasteiger partial charge in [0.2, 0.25) is 0 Å². The first-order valence-corrected chi connectivity index (χ1v) is 7.18. The van der Waals surface area contributed by atoms with Gasteiger partial charge in [-0.25, -0.2) is 0 Å². The van der Waals surface area contributed by atoms with Crippen molar-refractivity contribution in [2.75, 3.05) is 25.9 Å². The number of unbranched alkanes of at least 4 members (excludes halogenated alkanes) is 1. The first-order chi connectivity index (χ1) is 7.74. The molecule has 0 radical (unpaired) electrons. The summed E-state index contributed by atoms with van der Waals surface area (Å²) in [5.41, 5.74) is 0. The van der Waals surface area contributed by atoms with E-state index in [2.05, 4.69) is 18.9 Å². The summed E-state index contributed by atoms with van der Waals surface area (Å²) in [6, 6.07) is 9.69. The average Bonchev–Trinajstić information content (AvgIpc) is 2.34. The Morgan fingerprint density at radius 2 is 1.88 bits per heavy atom. The molecule has 0 aromatic heterocycles. The van der Waals surface area contributed by atoms with Crippen molar-refractivity contribution in [1.82, 2.24) is 4.90 Å². The Morgan fingerprint density at radius 3 is 2.50 bits per heavy atom. The third kappa shape index (κ3) is 4.90. The Balaban J connectivity index is 2.30. The van der Waals surface area contributed by atoms with Crippen molar-refractivity contribution in [2.45, 2.75) is 24.7 Å². The van der Waals surface area contributed by atoms with Crippen LogP contribution < -0.4 is 0 Å². The van der Waals surface area contributed by atoms with E-state index >= 15 is 0 Å². The molecule has 2 nitrogen and oxygen atoms in total. The van der Waals surface area contributed by atoms with Gasteiger partial charge in [0.25, 0.3) is 0 Å². The molecule has 1 aromatic carbocycles. The van der Waals surface area contributed by atoms with Crippen molar-refractivity contribution in [3.63, 3.8) is 0 Å². The highest BCUT2D eigenvalue weighted by atomic mass is 32.2. The van der Waals surface area contributed by atoms with Crippen molar-refractivity contribution >= 4 is 10.8 Å². The van der Waals surface area contributed by atoms with Gasteiger partial charge in [0.15, 0.2) is 0 Å². The van der Waals surface area contributed by atoms with E-state index < -0.39 is 10.8 Å². The zero-order valence-electron chi connectivity index (χ0n) is 10.2. The van der Waals surface area contributed by atoms with Crippen LogP contribution in [0.2, 0.25) is 0 Å². The van der Waals surface area contributed by atoms with Crippen molar-refractivity contribution in [1.29, 1.82) is 0 Å². The quantitative estimate of drug-likeness (QED) is 0.729. The fraction of sp³-hybridized carbons (Fsp3) is 0.538. The Hall–Kier alpha value is -0.670. The van der Waals surface area contributed by atoms with Gasteiger partial charge in [0, 0.05) is 17.2 Å². The lowest BCUT2D eigenvalue weighted by molar-refractivity contribution is 0.347. The van der Waals surface area contributed by atoms with Gasteiger partial charge in [0.05, 0.1) is 10.8 Å². The molecule has 1 aromatic rings. The maximum absolute atomic E-state index is 11.9. The van der Waals surface area contributed by atoms with Crippen molar-refractivity contribution in [3.8, 4) is 0 Å². The minimum Gasteiger partial charge on any atom is -0.305 e. The van der Waals surface area contributed by atoms with Gasteiger partial charge in [0.1, 0.15) is 0 Å². The van der Waals surface area contributed by atoms with Crippen LogP contribution in [-0.4, -0.2) is 35.0 Å². The van der Waals surface area contributed by atoms with Crippen molar-refractivity contribution < 1.29 is 4.21 Å². The van der Waals surface area contributed by atoms with Crippen LogP contribution in [0.25, 0.3) is 0 Å². The van der Waals surface area contributed by atoms with Gasteiger partial charge in [-0.15, -0.1) is 0 Å². The highest BCUT2D eigenvalue weighted by molar-refractivity contribution is 7.85. The molecular formula is C13H21NOS. The van der Waals surface area contributed by atoms with Crippen LogP contribution in [0.1, 0.15) is 19.8 Å². The summed E-state index contributed by atoms with van der Waals surface area (Å²) in [6.07, 6.45) is 2.43. The van der Waals surface area contributed by atoms with Gasteiger partial charge in [-0.2, -0.15) is 0 Å². The van der Waals surface area contributed by atoms with E-state index in [4.69, 9.17) is 0 Å². The molecule has 0 aliphatic rings. The topological polar surface area (TPSA) is 20.3 Å². The van der Waals surface area contributed by atoms with E-state index in [0.717, 1.165) is 23.7 Å². The van der Waals surface area contributed by atoms with Gasteiger partial charge < -0.3 is 4.90 Å². The van der Waals surface area contributed by atoms with E-state index in [1.165, 1.54) is 12.8 Å². The number of nitrogens with zero attached hydrogens (tertiary/aromatic N) is 1. The second-order valence-corrected chi connectivity index (χ2v) is 5.59. The molecule has 0 amide bonds. The SMILES string of the molecule is CCCCN(C)CCS(=O)c1ccccc1. The fourth-order valence-corrected chi connectivity index (χ4v) is 2.64. The summed E-state index contributed by atoms with van der Waals surface area (Å²) in [5.74, 6) is 0.726. The normalized spacial score (nSPS) is 12.9. The number of hydrogen-bond donors (Lipinski definition) is 0. The van der Waals surface area contributed by atoms with E-state index in [-0.39, 0.29) is 0 Å². The summed E-state index contributed by atoms with van der Waals surface area (Å²) < 4.78 is 11.9. The molecule has 90 valence electrons. The van der Waals surface area contributed by atoms with Crippen molar-refractivity contribution in [3.05, 3.63) is 30.3 Å². The second-order valence-electron chi connectivity index (χ2n) is 4.02. The first kappa shape index (κ1) is 13.4. The molecule has 1 atom stereocenters. The largest absolute Gasteiger partial charge is 0.305 e. The Kier molecular flexibility index (Phi) is 6.34. The molecule has 0 N–H and O–H groups in total. The van der Waals surface area contributed by atoms with Crippen LogP contribution in [0.4, 0.5) is 0 Å². The molecule has 0 bridgehead atoms. The van der Waals surface area contributed by atoms with Gasteiger partial charge in [-0.1, -0.05) is 31.5 Å². The first-order valence-electron chi connectivity index (χ1n) is 5.86. The van der Waals surface area contributed by atoms with Crippen LogP contribution in [-0.2, 0) is 10.8 Å². The molecular weight excluding hydrogens is 218 g/mol. The van der Waals surface area contributed by atoms with E-state index in [0.29, 0.717) is 0 Å². The molecule has 0 fully saturated rings. The van der Waals surface area contributed by atoms with Crippen LogP contribution in [0.15, 0.2) is 35.2 Å². The lowest BCUT2D eigenvalue weighted by Crippen LogP contribution is -2.24. The number of rotatable bonds is 7. The number of benzene rings is 1. The third-order valence-electron chi connectivity index (χ3n) is 2.56. The summed E-state index contributed by atoms with van der Waals surface area (Å²) in [7, 11) is 1.24. The minimum atomic E-state index is -0.851. The van der Waals surface area contributed by atoms with Crippen LogP contribution in [0.3, 0.4) is 0 Å². The van der Waals surface area contributed by atoms with E-state index in [1.807, 2.05) is 30.3 Å². The van der Waals surface area contributed by atoms with E-state index in [9.17, 15) is 4.21 Å². The maximum Gasteiger partial charge on any atom is 0.0542 e. The Morgan fingerprint density at radius 1 is 1.19 bits per heavy atom. The minimum absolute atomic E-state index is 0.726. The lowest BCUT2D eigenvalue weighted by atomic mass is 10.3. The van der Waals surface area contributed by atoms with Crippen molar-refractivity contribution in [2.24, 2.45) is 0 Å². The highest BCUT2D eigenvalue weighted by Crippen LogP contribution is 2.05. The predicted octanol–water partition coefficient (Wildman–Crippen LogP) is 2.53. The van der Waals surface area contributed by atoms with Gasteiger partial charge >= 0.3 is 0 Å². The predicted molar refractivity (Wildman–Crippen MR) is 70.1 cm³/mol. The average molecular weight is 239 g/mol. The molecule has 0 aliphatic carbocycles. The van der Waals surface area contributed by atoms with Crippen LogP contribution in [0.5, 0.6) is 0 Å². The highest BCUT2D eigenvalue weighted by Gasteiger charge is 2.04. The monoisotopic (exact) mass is 239 g/mol. The summed E-state index contributed by atoms with van der Waals surface area (Å²) >= 11 is 0. The summed E-state index contributed by atoms with van der Waals surface area (Å²) in [6.45, 7) is 4.19. The van der Waals surface area contributed by atoms with Crippen LogP contribution >= 0.6 is 0 Å². The van der Waals surface area contributed by atoms with Gasteiger partial charge in [-0.05, 0) is 32.1 Å². The molecule has 3 heteroatoms. The fourth-order valence-electron chi connectivity index (χ4n) is 1.47. The molecule has 16 heavy (non-hydrogen) atoms. The standard InChI is InChI=1S/C13H21NOS/c1-3-4-10-14(2)11-12-16(15)13-8-6-5-7-9-13/h5-9H,3-4,10-12H2,1-2H3. The van der Waals surface area contributed by atoms with E-state index in [1.54, 1.807) is 0 Å². The van der Waals surface area contributed by atoms with Gasteiger partial charge in [-0.3, -0.25) is 4.21 Å². The number of hydrogen-bond acceptors (Lipinski definition) is 2. The molecule has 0 aliphatic heterocycles. The van der Waals surface area contributed by atoms with Crippen LogP contribution in [0, 0.1) is 0 Å². The summed E-state index contributed by atoms with van der Waals surface area (Å²) in [4.78, 5) is 3.19. The lowest BCUT2D eigenvalue weighted by Gasteiger charge is -2.15. The second kappa shape index (κ2) is 7.58. The zero-order chi connectivity index (χ0) is 11.8. The molecule has 1 unspecified atom stereocenters. The molecule has 0 heterocycles. The molecule has 0 saturated carbocycles.